The number of halogens is 2. The smallest absolute Gasteiger partial charge is 0.112 e. The van der Waals surface area contributed by atoms with Gasteiger partial charge in [0.2, 0.25) is 6.04 Å². The highest BCUT2D eigenvalue weighted by Gasteiger charge is 1.99. The Morgan fingerprint density at radius 1 is 1.11 bits per heavy atom. The van der Waals surface area contributed by atoms with Crippen LogP contribution in [0, 0.1) is 0 Å². The average Bonchev–Trinajstić information content (AvgIpc) is 1.80. The number of hydrogen-bond donors (Lipinski definition) is 0. The lowest BCUT2D eigenvalue weighted by Gasteiger charge is -1.97. The molecule has 9 heavy (non-hydrogen) atoms. The first-order chi connectivity index (χ1) is 4.27. The molecule has 0 saturated heterocycles. The van der Waals surface area contributed by atoms with Gasteiger partial charge < -0.3 is 0 Å². The normalized spacial score (nSPS) is 10.7. The first kappa shape index (κ1) is 10.2. The Labute approximate surface area is 75.2 Å². The van der Waals surface area contributed by atoms with Crippen LogP contribution in [0.5, 0.6) is 0 Å². The summed E-state index contributed by atoms with van der Waals surface area (Å²) in [6, 6.07) is 1.06. The second kappa shape index (κ2) is 7.29. The molecule has 0 unspecified atom stereocenters. The Hall–Kier alpha value is 1.18. The quantitative estimate of drug-likeness (QED) is 0.405. The maximum absolute atomic E-state index is 3.54. The maximum atomic E-state index is 3.54. The molecule has 0 amide bonds. The van der Waals surface area contributed by atoms with Gasteiger partial charge in [-0.25, -0.2) is 0 Å². The summed E-state index contributed by atoms with van der Waals surface area (Å²) in [4.78, 5) is 0. The highest BCUT2D eigenvalue weighted by molar-refractivity contribution is 9.49. The van der Waals surface area contributed by atoms with Crippen LogP contribution in [0.1, 0.15) is 32.6 Å². The van der Waals surface area contributed by atoms with E-state index in [2.05, 4.69) is 37.5 Å². The fourth-order valence-electron chi connectivity index (χ4n) is 0.685. The van der Waals surface area contributed by atoms with E-state index in [-0.39, 0.29) is 6.04 Å². The van der Waals surface area contributed by atoms with Crippen LogP contribution in [0.25, 0.3) is 0 Å². The van der Waals surface area contributed by atoms with E-state index < -0.39 is 0 Å². The maximum Gasteiger partial charge on any atom is 0.215 e. The van der Waals surface area contributed by atoms with E-state index >= 15 is 0 Å². The Balaban J connectivity index is 2.75. The van der Waals surface area contributed by atoms with Crippen molar-refractivity contribution in [1.29, 1.82) is 0 Å². The summed E-state index contributed by atoms with van der Waals surface area (Å²) in [6.45, 7) is 2.24. The third-order valence-corrected chi connectivity index (χ3v) is 4.33. The van der Waals surface area contributed by atoms with Crippen molar-refractivity contribution in [2.24, 2.45) is 0 Å². The van der Waals surface area contributed by atoms with E-state index in [9.17, 15) is 0 Å². The molecule has 0 aromatic carbocycles. The van der Waals surface area contributed by atoms with Crippen LogP contribution in [0.2, 0.25) is 6.04 Å². The fraction of sp³-hybridized carbons (Fsp3) is 1.00. The molecule has 0 aromatic rings. The summed E-state index contributed by atoms with van der Waals surface area (Å²) in [5.74, 6) is 0. The van der Waals surface area contributed by atoms with Gasteiger partial charge in [0, 0.05) is 0 Å². The molecule has 0 nitrogen and oxygen atoms in total. The molecular weight excluding hydrogens is 260 g/mol. The Bertz CT molecular complexity index is 57.0. The van der Waals surface area contributed by atoms with E-state index in [0.717, 1.165) is 0 Å². The molecule has 3 heteroatoms. The van der Waals surface area contributed by atoms with Gasteiger partial charge in [0.25, 0.3) is 0 Å². The van der Waals surface area contributed by atoms with Crippen LogP contribution in [0.3, 0.4) is 0 Å². The summed E-state index contributed by atoms with van der Waals surface area (Å²) in [5.41, 5.74) is 0. The lowest BCUT2D eigenvalue weighted by Crippen LogP contribution is -1.88. The predicted octanol–water partition coefficient (Wildman–Crippen LogP) is 3.84. The second-order valence-electron chi connectivity index (χ2n) is 2.15. The lowest BCUT2D eigenvalue weighted by molar-refractivity contribution is 0.701. The van der Waals surface area contributed by atoms with Gasteiger partial charge in [-0.15, -0.1) is 30.6 Å². The second-order valence-corrected chi connectivity index (χ2v) is 12.3. The molecular formula is C6H13Br2Si. The molecule has 0 atom stereocenters. The van der Waals surface area contributed by atoms with Crippen LogP contribution < -0.4 is 0 Å². The van der Waals surface area contributed by atoms with Crippen molar-refractivity contribution in [2.45, 2.75) is 38.7 Å². The molecule has 0 aliphatic carbocycles. The molecule has 0 aliphatic rings. The molecule has 0 spiro atoms. The van der Waals surface area contributed by atoms with Crippen LogP contribution in [-0.4, -0.2) is 6.04 Å². The van der Waals surface area contributed by atoms with Gasteiger partial charge >= 0.3 is 0 Å². The van der Waals surface area contributed by atoms with Crippen molar-refractivity contribution >= 4 is 36.6 Å². The lowest BCUT2D eigenvalue weighted by atomic mass is 10.2. The minimum atomic E-state index is -0.290. The first-order valence-corrected chi connectivity index (χ1v) is 9.66. The Kier molecular flexibility index (Phi) is 8.24. The molecule has 0 aliphatic heterocycles. The standard InChI is InChI=1S/C6H13Br2Si/c1-2-3-4-5-6-9(7)8/h2-6H2,1H3. The molecule has 0 aromatic heterocycles. The van der Waals surface area contributed by atoms with Gasteiger partial charge in [0.15, 0.2) is 0 Å². The van der Waals surface area contributed by atoms with E-state index in [1.165, 1.54) is 31.7 Å². The predicted molar refractivity (Wildman–Crippen MR) is 52.6 cm³/mol. The summed E-state index contributed by atoms with van der Waals surface area (Å²) in [5, 5.41) is 0. The van der Waals surface area contributed by atoms with Crippen LogP contribution in [-0.2, 0) is 0 Å². The zero-order chi connectivity index (χ0) is 7.11. The van der Waals surface area contributed by atoms with Gasteiger partial charge in [0.1, 0.15) is 0 Å². The van der Waals surface area contributed by atoms with Gasteiger partial charge in [-0.3, -0.25) is 0 Å². The number of hydrogen-bond acceptors (Lipinski definition) is 0. The van der Waals surface area contributed by atoms with E-state index in [1.807, 2.05) is 0 Å². The summed E-state index contributed by atoms with van der Waals surface area (Å²) < 4.78 is 0. The molecule has 1 radical (unpaired) electrons. The van der Waals surface area contributed by atoms with Crippen molar-refractivity contribution in [1.82, 2.24) is 0 Å². The van der Waals surface area contributed by atoms with Crippen molar-refractivity contribution < 1.29 is 0 Å². The fourth-order valence-corrected chi connectivity index (χ4v) is 2.88. The zero-order valence-electron chi connectivity index (χ0n) is 5.79. The topological polar surface area (TPSA) is 0 Å². The number of unbranched alkanes of at least 4 members (excludes halogenated alkanes) is 3. The van der Waals surface area contributed by atoms with Gasteiger partial charge in [-0.05, 0) is 6.04 Å². The van der Waals surface area contributed by atoms with Crippen LogP contribution in [0.15, 0.2) is 0 Å². The molecule has 55 valence electrons. The average molecular weight is 273 g/mol. The summed E-state index contributed by atoms with van der Waals surface area (Å²) in [6.07, 6.45) is 5.53. The SMILES string of the molecule is CCCCCC[Si](Br)Br. The van der Waals surface area contributed by atoms with Gasteiger partial charge in [-0.2, -0.15) is 0 Å². The van der Waals surface area contributed by atoms with Crippen molar-refractivity contribution in [2.75, 3.05) is 0 Å². The largest absolute Gasteiger partial charge is 0.215 e. The van der Waals surface area contributed by atoms with Gasteiger partial charge in [-0.1, -0.05) is 32.6 Å². The molecule has 0 saturated carbocycles. The summed E-state index contributed by atoms with van der Waals surface area (Å²) >= 11 is 7.09. The van der Waals surface area contributed by atoms with Crippen LogP contribution in [0.4, 0.5) is 0 Å². The van der Waals surface area contributed by atoms with Crippen molar-refractivity contribution in [3.8, 4) is 0 Å². The van der Waals surface area contributed by atoms with E-state index in [4.69, 9.17) is 0 Å². The van der Waals surface area contributed by atoms with Crippen LogP contribution >= 0.6 is 30.6 Å². The van der Waals surface area contributed by atoms with Crippen molar-refractivity contribution in [3.05, 3.63) is 0 Å². The third kappa shape index (κ3) is 9.18. The first-order valence-electron chi connectivity index (χ1n) is 3.44. The molecule has 0 heterocycles. The monoisotopic (exact) mass is 271 g/mol. The highest BCUT2D eigenvalue weighted by atomic mass is 79.9. The minimum Gasteiger partial charge on any atom is -0.112 e. The molecule has 0 N–H and O–H groups in total. The van der Waals surface area contributed by atoms with E-state index in [1.54, 1.807) is 0 Å². The van der Waals surface area contributed by atoms with Crippen molar-refractivity contribution in [3.63, 3.8) is 0 Å². The third-order valence-electron chi connectivity index (χ3n) is 1.22. The Morgan fingerprint density at radius 3 is 2.22 bits per heavy atom. The molecule has 0 bridgehead atoms. The van der Waals surface area contributed by atoms with Gasteiger partial charge in [0.05, 0.1) is 0 Å². The highest BCUT2D eigenvalue weighted by Crippen LogP contribution is 2.13. The number of rotatable bonds is 5. The molecule has 0 fully saturated rings. The summed E-state index contributed by atoms with van der Waals surface area (Å²) in [7, 11) is 0. The Morgan fingerprint density at radius 2 is 1.78 bits per heavy atom. The molecule has 0 rings (SSSR count). The zero-order valence-corrected chi connectivity index (χ0v) is 9.96. The van der Waals surface area contributed by atoms with E-state index in [0.29, 0.717) is 0 Å². The minimum absolute atomic E-state index is 0.290.